The van der Waals surface area contributed by atoms with Crippen molar-refractivity contribution in [1.29, 1.82) is 0 Å². The Morgan fingerprint density at radius 2 is 1.76 bits per heavy atom. The highest BCUT2D eigenvalue weighted by atomic mass is 35.5. The smallest absolute Gasteiger partial charge is 0.241 e. The maximum absolute atomic E-state index is 12.3. The van der Waals surface area contributed by atoms with Gasteiger partial charge >= 0.3 is 0 Å². The van der Waals surface area contributed by atoms with Gasteiger partial charge in [0, 0.05) is 20.6 Å². The van der Waals surface area contributed by atoms with Crippen LogP contribution in [-0.2, 0) is 16.0 Å². The maximum Gasteiger partial charge on any atom is 0.241 e. The van der Waals surface area contributed by atoms with Crippen molar-refractivity contribution in [1.82, 2.24) is 9.80 Å². The summed E-state index contributed by atoms with van der Waals surface area (Å²) in [6.07, 6.45) is 1.01. The summed E-state index contributed by atoms with van der Waals surface area (Å²) >= 11 is 11.8. The summed E-state index contributed by atoms with van der Waals surface area (Å²) in [4.78, 5) is 27.2. The van der Waals surface area contributed by atoms with Crippen LogP contribution >= 0.6 is 23.2 Å². The van der Waals surface area contributed by atoms with Crippen LogP contribution in [0.15, 0.2) is 18.2 Å². The number of rotatable bonds is 6. The fraction of sp³-hybridized carbons (Fsp3) is 0.467. The van der Waals surface area contributed by atoms with Gasteiger partial charge in [0.1, 0.15) is 0 Å². The summed E-state index contributed by atoms with van der Waals surface area (Å²) in [5.74, 6) is -0.184. The molecular formula is C15H20Cl2N2O2. The predicted octanol–water partition coefficient (Wildman–Crippen LogP) is 2.86. The number of amides is 2. The number of hydrogen-bond donors (Lipinski definition) is 0. The second-order valence-corrected chi connectivity index (χ2v) is 5.84. The van der Waals surface area contributed by atoms with Crippen molar-refractivity contribution < 1.29 is 9.59 Å². The molecule has 0 atom stereocenters. The number of carbonyl (C=O) groups is 2. The normalized spacial score (nSPS) is 10.3. The molecule has 116 valence electrons. The van der Waals surface area contributed by atoms with E-state index in [1.54, 1.807) is 37.2 Å². The molecule has 1 rings (SSSR count). The molecule has 0 spiro atoms. The molecule has 0 fully saturated rings. The number of likely N-dealkylation sites (N-methyl/N-ethyl adjacent to an activating group) is 1. The van der Waals surface area contributed by atoms with Gasteiger partial charge < -0.3 is 9.80 Å². The minimum atomic E-state index is -0.0922. The topological polar surface area (TPSA) is 40.6 Å². The SMILES string of the molecule is CCCN(CC(=O)N(C)C)C(=O)Cc1ccc(Cl)c(Cl)c1. The molecule has 0 aromatic heterocycles. The molecule has 0 N–H and O–H groups in total. The van der Waals surface area contributed by atoms with Crippen molar-refractivity contribution in [2.24, 2.45) is 0 Å². The Balaban J connectivity index is 2.76. The zero-order valence-electron chi connectivity index (χ0n) is 12.5. The molecule has 4 nitrogen and oxygen atoms in total. The molecule has 0 unspecified atom stereocenters. The lowest BCUT2D eigenvalue weighted by molar-refractivity contribution is -0.138. The first kappa shape index (κ1) is 17.8. The van der Waals surface area contributed by atoms with Crippen LogP contribution in [0.3, 0.4) is 0 Å². The Bertz CT molecular complexity index is 518. The van der Waals surface area contributed by atoms with E-state index < -0.39 is 0 Å². The van der Waals surface area contributed by atoms with Crippen molar-refractivity contribution in [3.05, 3.63) is 33.8 Å². The molecule has 0 aliphatic carbocycles. The Morgan fingerprint density at radius 3 is 2.29 bits per heavy atom. The number of hydrogen-bond acceptors (Lipinski definition) is 2. The Morgan fingerprint density at radius 1 is 1.10 bits per heavy atom. The van der Waals surface area contributed by atoms with Gasteiger partial charge in [0.05, 0.1) is 23.0 Å². The second kappa shape index (κ2) is 8.25. The van der Waals surface area contributed by atoms with Gasteiger partial charge in [-0.15, -0.1) is 0 Å². The van der Waals surface area contributed by atoms with Crippen LogP contribution in [0, 0.1) is 0 Å². The minimum Gasteiger partial charge on any atom is -0.347 e. The molecule has 0 saturated heterocycles. The van der Waals surface area contributed by atoms with Gasteiger partial charge in [-0.2, -0.15) is 0 Å². The highest BCUT2D eigenvalue weighted by Gasteiger charge is 2.18. The van der Waals surface area contributed by atoms with Crippen molar-refractivity contribution in [2.45, 2.75) is 19.8 Å². The summed E-state index contributed by atoms with van der Waals surface area (Å²) in [6.45, 7) is 2.63. The number of benzene rings is 1. The first-order valence-corrected chi connectivity index (χ1v) is 7.52. The highest BCUT2D eigenvalue weighted by molar-refractivity contribution is 6.42. The summed E-state index contributed by atoms with van der Waals surface area (Å²) in [7, 11) is 3.35. The van der Waals surface area contributed by atoms with Gasteiger partial charge in [0.25, 0.3) is 0 Å². The van der Waals surface area contributed by atoms with E-state index in [2.05, 4.69) is 0 Å². The zero-order valence-corrected chi connectivity index (χ0v) is 14.0. The standard InChI is InChI=1S/C15H20Cl2N2O2/c1-4-7-19(10-15(21)18(2)3)14(20)9-11-5-6-12(16)13(17)8-11/h5-6,8H,4,7,9-10H2,1-3H3. The largest absolute Gasteiger partial charge is 0.347 e. The van der Waals surface area contributed by atoms with E-state index in [4.69, 9.17) is 23.2 Å². The third-order valence-corrected chi connectivity index (χ3v) is 3.75. The van der Waals surface area contributed by atoms with Gasteiger partial charge in [-0.25, -0.2) is 0 Å². The van der Waals surface area contributed by atoms with E-state index >= 15 is 0 Å². The Kier molecular flexibility index (Phi) is 6.99. The summed E-state index contributed by atoms with van der Waals surface area (Å²) in [6, 6.07) is 5.12. The lowest BCUT2D eigenvalue weighted by Crippen LogP contribution is -2.41. The minimum absolute atomic E-state index is 0.0917. The number of halogens is 2. The maximum atomic E-state index is 12.3. The highest BCUT2D eigenvalue weighted by Crippen LogP contribution is 2.23. The van der Waals surface area contributed by atoms with E-state index in [-0.39, 0.29) is 24.8 Å². The average molecular weight is 331 g/mol. The van der Waals surface area contributed by atoms with Crippen LogP contribution in [0.5, 0.6) is 0 Å². The summed E-state index contributed by atoms with van der Waals surface area (Å²) in [5.41, 5.74) is 0.785. The predicted molar refractivity (Wildman–Crippen MR) is 85.7 cm³/mol. The van der Waals surface area contributed by atoms with E-state index in [9.17, 15) is 9.59 Å². The van der Waals surface area contributed by atoms with Crippen LogP contribution in [0.25, 0.3) is 0 Å². The number of carbonyl (C=O) groups excluding carboxylic acids is 2. The fourth-order valence-electron chi connectivity index (χ4n) is 1.80. The molecule has 0 aliphatic heterocycles. The molecule has 0 bridgehead atoms. The van der Waals surface area contributed by atoms with Gasteiger partial charge in [-0.3, -0.25) is 9.59 Å². The molecule has 0 radical (unpaired) electrons. The van der Waals surface area contributed by atoms with E-state index in [0.29, 0.717) is 16.6 Å². The van der Waals surface area contributed by atoms with Crippen molar-refractivity contribution >= 4 is 35.0 Å². The summed E-state index contributed by atoms with van der Waals surface area (Å²) < 4.78 is 0. The Labute approximate surface area is 135 Å². The van der Waals surface area contributed by atoms with E-state index in [1.165, 1.54) is 4.90 Å². The van der Waals surface area contributed by atoms with Gasteiger partial charge in [0.15, 0.2) is 0 Å². The molecule has 6 heteroatoms. The number of nitrogens with zero attached hydrogens (tertiary/aromatic N) is 2. The van der Waals surface area contributed by atoms with Crippen molar-refractivity contribution in [3.63, 3.8) is 0 Å². The third kappa shape index (κ3) is 5.56. The van der Waals surface area contributed by atoms with Gasteiger partial charge in [-0.1, -0.05) is 36.2 Å². The fourth-order valence-corrected chi connectivity index (χ4v) is 2.12. The quantitative estimate of drug-likeness (QED) is 0.804. The average Bonchev–Trinajstić information content (AvgIpc) is 2.42. The first-order valence-electron chi connectivity index (χ1n) is 6.77. The van der Waals surface area contributed by atoms with Gasteiger partial charge in [0.2, 0.25) is 11.8 Å². The van der Waals surface area contributed by atoms with Crippen LogP contribution in [0.1, 0.15) is 18.9 Å². The van der Waals surface area contributed by atoms with E-state index in [0.717, 1.165) is 12.0 Å². The monoisotopic (exact) mass is 330 g/mol. The molecule has 0 heterocycles. The van der Waals surface area contributed by atoms with Crippen LogP contribution < -0.4 is 0 Å². The molecular weight excluding hydrogens is 311 g/mol. The van der Waals surface area contributed by atoms with Crippen LogP contribution in [0.2, 0.25) is 10.0 Å². The third-order valence-electron chi connectivity index (χ3n) is 3.01. The molecule has 2 amide bonds. The first-order chi connectivity index (χ1) is 9.85. The van der Waals surface area contributed by atoms with Crippen molar-refractivity contribution in [2.75, 3.05) is 27.2 Å². The lowest BCUT2D eigenvalue weighted by Gasteiger charge is -2.23. The molecule has 0 aliphatic rings. The lowest BCUT2D eigenvalue weighted by atomic mass is 10.1. The second-order valence-electron chi connectivity index (χ2n) is 5.03. The van der Waals surface area contributed by atoms with E-state index in [1.807, 2.05) is 6.92 Å². The Hall–Kier alpha value is -1.26. The molecule has 0 saturated carbocycles. The van der Waals surface area contributed by atoms with Crippen molar-refractivity contribution in [3.8, 4) is 0 Å². The van der Waals surface area contributed by atoms with Crippen LogP contribution in [-0.4, -0.2) is 48.8 Å². The zero-order chi connectivity index (χ0) is 16.0. The molecule has 1 aromatic rings. The molecule has 21 heavy (non-hydrogen) atoms. The molecule has 1 aromatic carbocycles. The summed E-state index contributed by atoms with van der Waals surface area (Å²) in [5, 5.41) is 0.884. The van der Waals surface area contributed by atoms with Crippen LogP contribution in [0.4, 0.5) is 0 Å². The van der Waals surface area contributed by atoms with Gasteiger partial charge in [-0.05, 0) is 24.1 Å².